The van der Waals surface area contributed by atoms with Crippen LogP contribution in [0.3, 0.4) is 0 Å². The summed E-state index contributed by atoms with van der Waals surface area (Å²) in [5.74, 6) is 0. The van der Waals surface area contributed by atoms with Crippen LogP contribution in [0.2, 0.25) is 0 Å². The molecule has 0 atom stereocenters. The van der Waals surface area contributed by atoms with Gasteiger partial charge in [-0.05, 0) is 21.1 Å². The number of benzene rings is 1. The van der Waals surface area contributed by atoms with Crippen molar-refractivity contribution in [1.29, 1.82) is 0 Å². The van der Waals surface area contributed by atoms with Gasteiger partial charge in [0.1, 0.15) is 0 Å². The zero-order valence-corrected chi connectivity index (χ0v) is 12.1. The summed E-state index contributed by atoms with van der Waals surface area (Å²) >= 11 is -0.878. The predicted octanol–water partition coefficient (Wildman–Crippen LogP) is 0.740. The third-order valence-electron chi connectivity index (χ3n) is 1.09. The molecule has 0 aliphatic rings. The molecule has 0 spiro atoms. The van der Waals surface area contributed by atoms with E-state index in [1.807, 2.05) is 56.4 Å². The van der Waals surface area contributed by atoms with E-state index in [1.165, 1.54) is 3.58 Å². The molecule has 1 aromatic carbocycles. The summed E-state index contributed by atoms with van der Waals surface area (Å²) in [6, 6.07) is 10.0. The fraction of sp³-hybridized carbons (Fsp3) is 0.364. The molecule has 0 aliphatic heterocycles. The van der Waals surface area contributed by atoms with Crippen LogP contribution in [-0.2, 0) is 4.79 Å². The molecule has 1 rings (SSSR count). The van der Waals surface area contributed by atoms with Crippen LogP contribution in [0.5, 0.6) is 0 Å². The van der Waals surface area contributed by atoms with Crippen molar-refractivity contribution in [2.45, 2.75) is 6.92 Å². The molecule has 2 radical (unpaired) electrons. The number of nitrogens with zero attached hydrogens (tertiary/aromatic N) is 1. The summed E-state index contributed by atoms with van der Waals surface area (Å²) in [7, 11) is 6.00. The Bertz CT molecular complexity index is 256. The summed E-state index contributed by atoms with van der Waals surface area (Å²) in [4.78, 5) is 12.7. The number of rotatable bonds is 2. The topological polar surface area (TPSA) is 20.3 Å². The molecule has 0 saturated carbocycles. The van der Waals surface area contributed by atoms with Crippen molar-refractivity contribution < 1.29 is 4.79 Å². The fourth-order valence-electron chi connectivity index (χ4n) is 0.725. The van der Waals surface area contributed by atoms with E-state index in [0.717, 1.165) is 0 Å². The minimum absolute atomic E-state index is 0.384. The van der Waals surface area contributed by atoms with Crippen LogP contribution in [0.15, 0.2) is 30.3 Å². The Labute approximate surface area is 96.5 Å². The maximum atomic E-state index is 10.7. The zero-order valence-electron chi connectivity index (χ0n) is 9.24. The van der Waals surface area contributed by atoms with E-state index in [4.69, 9.17) is 0 Å². The van der Waals surface area contributed by atoms with E-state index >= 15 is 0 Å². The molecule has 76 valence electrons. The Hall–Kier alpha value is -0.351. The molecular formula is C11H17NOSn. The average Bonchev–Trinajstić information content (AvgIpc) is 2.03. The molecule has 0 N–H and O–H groups in total. The monoisotopic (exact) mass is 299 g/mol. The molecule has 14 heavy (non-hydrogen) atoms. The van der Waals surface area contributed by atoms with Crippen LogP contribution < -0.4 is 3.58 Å². The molecule has 3 heteroatoms. The van der Waals surface area contributed by atoms with Crippen molar-refractivity contribution in [1.82, 2.24) is 4.90 Å². The van der Waals surface area contributed by atoms with Gasteiger partial charge < -0.3 is 4.90 Å². The molecule has 0 unspecified atom stereocenters. The van der Waals surface area contributed by atoms with Gasteiger partial charge in [-0.2, -0.15) is 0 Å². The van der Waals surface area contributed by atoms with E-state index in [2.05, 4.69) is 0 Å². The SMILES string of the molecule is CN(C)C.C[C](=O)[Sn][c]1ccccc1. The first-order valence-corrected chi connectivity index (χ1v) is 7.31. The molecule has 0 aromatic heterocycles. The van der Waals surface area contributed by atoms with Crippen LogP contribution in [0.4, 0.5) is 0 Å². The first kappa shape index (κ1) is 13.6. The molecule has 0 saturated heterocycles. The summed E-state index contributed by atoms with van der Waals surface area (Å²) in [6.45, 7) is 1.68. The van der Waals surface area contributed by atoms with Crippen LogP contribution in [-0.4, -0.2) is 51.0 Å². The van der Waals surface area contributed by atoms with Crippen molar-refractivity contribution in [2.24, 2.45) is 0 Å². The second-order valence-electron chi connectivity index (χ2n) is 3.39. The first-order valence-electron chi connectivity index (χ1n) is 4.46. The molecule has 0 fully saturated rings. The molecule has 2 nitrogen and oxygen atoms in total. The number of hydrogen-bond donors (Lipinski definition) is 0. The average molecular weight is 298 g/mol. The molecule has 0 amide bonds. The number of carbonyl (C=O) groups excluding carboxylic acids is 1. The summed E-state index contributed by atoms with van der Waals surface area (Å²) < 4.78 is 1.65. The summed E-state index contributed by atoms with van der Waals surface area (Å²) in [5, 5.41) is 0. The normalized spacial score (nSPS) is 9.21. The van der Waals surface area contributed by atoms with Gasteiger partial charge in [0, 0.05) is 0 Å². The molecular weight excluding hydrogens is 281 g/mol. The van der Waals surface area contributed by atoms with Crippen molar-refractivity contribution in [3.8, 4) is 0 Å². The third kappa shape index (κ3) is 9.73. The number of carbonyl (C=O) groups is 1. The van der Waals surface area contributed by atoms with Crippen LogP contribution in [0.1, 0.15) is 6.92 Å². The summed E-state index contributed by atoms with van der Waals surface area (Å²) in [6.07, 6.45) is 0. The second kappa shape index (κ2) is 8.00. The van der Waals surface area contributed by atoms with Gasteiger partial charge in [0.25, 0.3) is 0 Å². The Kier molecular flexibility index (Phi) is 7.80. The van der Waals surface area contributed by atoms with Gasteiger partial charge in [0.2, 0.25) is 0 Å². The van der Waals surface area contributed by atoms with Crippen LogP contribution in [0, 0.1) is 0 Å². The van der Waals surface area contributed by atoms with E-state index in [9.17, 15) is 4.79 Å². The number of hydrogen-bond acceptors (Lipinski definition) is 2. The fourth-order valence-corrected chi connectivity index (χ4v) is 2.91. The van der Waals surface area contributed by atoms with Gasteiger partial charge in [0.15, 0.2) is 0 Å². The Balaban J connectivity index is 0.000000364. The van der Waals surface area contributed by atoms with Crippen molar-refractivity contribution in [2.75, 3.05) is 21.1 Å². The van der Waals surface area contributed by atoms with Crippen molar-refractivity contribution >= 4 is 28.5 Å². The van der Waals surface area contributed by atoms with Crippen molar-refractivity contribution in [3.63, 3.8) is 0 Å². The van der Waals surface area contributed by atoms with E-state index < -0.39 is 21.1 Å². The van der Waals surface area contributed by atoms with Gasteiger partial charge in [-0.3, -0.25) is 0 Å². The zero-order chi connectivity index (χ0) is 11.0. The maximum absolute atomic E-state index is 10.7. The minimum atomic E-state index is -0.878. The van der Waals surface area contributed by atoms with Crippen LogP contribution >= 0.6 is 0 Å². The van der Waals surface area contributed by atoms with Gasteiger partial charge in [-0.25, -0.2) is 0 Å². The molecule has 0 aliphatic carbocycles. The third-order valence-corrected chi connectivity index (χ3v) is 3.87. The van der Waals surface area contributed by atoms with Crippen molar-refractivity contribution in [3.05, 3.63) is 30.3 Å². The van der Waals surface area contributed by atoms with Gasteiger partial charge in [0.05, 0.1) is 0 Å². The first-order chi connectivity index (χ1) is 6.52. The van der Waals surface area contributed by atoms with E-state index in [-0.39, 0.29) is 0 Å². The Morgan fingerprint density at radius 1 is 1.14 bits per heavy atom. The summed E-state index contributed by atoms with van der Waals surface area (Å²) in [5.41, 5.74) is 0. The standard InChI is InChI=1S/C6H5.C3H9N.C2H3O.Sn/c1-2-4-6-5-3-1;1-4(2)3;1-2-3;/h1-5H;1-3H3;1H3;. The molecule has 0 bridgehead atoms. The molecule has 1 aromatic rings. The van der Waals surface area contributed by atoms with Gasteiger partial charge >= 0.3 is 70.6 Å². The molecule has 0 heterocycles. The predicted molar refractivity (Wildman–Crippen MR) is 62.1 cm³/mol. The van der Waals surface area contributed by atoms with E-state index in [0.29, 0.717) is 3.80 Å². The van der Waals surface area contributed by atoms with Gasteiger partial charge in [-0.1, -0.05) is 0 Å². The Morgan fingerprint density at radius 3 is 1.93 bits per heavy atom. The van der Waals surface area contributed by atoms with E-state index in [1.54, 1.807) is 6.92 Å². The Morgan fingerprint density at radius 2 is 1.57 bits per heavy atom. The van der Waals surface area contributed by atoms with Gasteiger partial charge in [-0.15, -0.1) is 0 Å². The second-order valence-corrected chi connectivity index (χ2v) is 7.76. The van der Waals surface area contributed by atoms with Crippen LogP contribution in [0.25, 0.3) is 0 Å². The quantitative estimate of drug-likeness (QED) is 0.751.